The number of hydrogen-bond acceptors (Lipinski definition) is 4. The van der Waals surface area contributed by atoms with Crippen LogP contribution in [0.2, 0.25) is 0 Å². The monoisotopic (exact) mass is 305 g/mol. The lowest BCUT2D eigenvalue weighted by atomic mass is 10.0. The van der Waals surface area contributed by atoms with E-state index in [0.717, 1.165) is 11.1 Å². The number of methoxy groups -OCH3 is 1. The van der Waals surface area contributed by atoms with Gasteiger partial charge < -0.3 is 14.8 Å². The van der Waals surface area contributed by atoms with Gasteiger partial charge in [0.1, 0.15) is 5.60 Å². The number of ether oxygens (including phenoxy) is 2. The van der Waals surface area contributed by atoms with Gasteiger partial charge in [-0.25, -0.2) is 9.59 Å². The van der Waals surface area contributed by atoms with E-state index in [1.54, 1.807) is 18.2 Å². The molecule has 1 rings (SSSR count). The lowest BCUT2D eigenvalue weighted by Crippen LogP contribution is -2.32. The van der Waals surface area contributed by atoms with Crippen LogP contribution < -0.4 is 5.32 Å². The first kappa shape index (κ1) is 17.8. The van der Waals surface area contributed by atoms with Gasteiger partial charge in [0, 0.05) is 6.54 Å². The lowest BCUT2D eigenvalue weighted by Gasteiger charge is -2.19. The molecule has 1 aromatic rings. The van der Waals surface area contributed by atoms with Crippen molar-refractivity contribution in [2.75, 3.05) is 13.7 Å². The Bertz CT molecular complexity index is 571. The molecule has 0 saturated heterocycles. The summed E-state index contributed by atoms with van der Waals surface area (Å²) >= 11 is 0. The number of benzene rings is 1. The molecule has 0 unspecified atom stereocenters. The highest BCUT2D eigenvalue weighted by molar-refractivity contribution is 5.92. The normalized spacial score (nSPS) is 11.3. The van der Waals surface area contributed by atoms with Crippen LogP contribution in [0.5, 0.6) is 0 Å². The molecule has 0 aliphatic heterocycles. The highest BCUT2D eigenvalue weighted by atomic mass is 16.6. The number of amides is 1. The Labute approximate surface area is 131 Å². The Hall–Kier alpha value is -2.30. The fourth-order valence-corrected chi connectivity index (χ4v) is 1.81. The second-order valence-corrected chi connectivity index (χ2v) is 5.80. The van der Waals surface area contributed by atoms with Gasteiger partial charge >= 0.3 is 12.1 Å². The number of alkyl carbamates (subject to hydrolysis) is 1. The Morgan fingerprint density at radius 2 is 1.95 bits per heavy atom. The first-order valence-corrected chi connectivity index (χ1v) is 7.06. The van der Waals surface area contributed by atoms with E-state index < -0.39 is 11.7 Å². The number of esters is 1. The predicted molar refractivity (Wildman–Crippen MR) is 85.8 cm³/mol. The van der Waals surface area contributed by atoms with Crippen LogP contribution in [0, 0.1) is 6.92 Å². The number of carbonyl (C=O) groups is 2. The quantitative estimate of drug-likeness (QED) is 0.867. The second kappa shape index (κ2) is 7.64. The van der Waals surface area contributed by atoms with E-state index in [2.05, 4.69) is 5.32 Å². The predicted octanol–water partition coefficient (Wildman–Crippen LogP) is 3.32. The summed E-state index contributed by atoms with van der Waals surface area (Å²) in [7, 11) is 1.36. The Morgan fingerprint density at radius 1 is 1.27 bits per heavy atom. The SMILES string of the molecule is COC(=O)c1cccc(C=CCNC(=O)OC(C)(C)C)c1C. The van der Waals surface area contributed by atoms with Crippen LogP contribution in [0.4, 0.5) is 4.79 Å². The van der Waals surface area contributed by atoms with E-state index in [-0.39, 0.29) is 5.97 Å². The van der Waals surface area contributed by atoms with Gasteiger partial charge in [-0.05, 0) is 44.9 Å². The second-order valence-electron chi connectivity index (χ2n) is 5.80. The van der Waals surface area contributed by atoms with Gasteiger partial charge in [-0.15, -0.1) is 0 Å². The van der Waals surface area contributed by atoms with Gasteiger partial charge in [-0.1, -0.05) is 24.3 Å². The summed E-state index contributed by atoms with van der Waals surface area (Å²) < 4.78 is 9.87. The van der Waals surface area contributed by atoms with Crippen LogP contribution in [0.3, 0.4) is 0 Å². The molecule has 0 spiro atoms. The molecular weight excluding hydrogens is 282 g/mol. The summed E-state index contributed by atoms with van der Waals surface area (Å²) in [5.41, 5.74) is 1.75. The minimum Gasteiger partial charge on any atom is -0.465 e. The summed E-state index contributed by atoms with van der Waals surface area (Å²) in [6, 6.07) is 5.41. The number of rotatable bonds is 4. The summed E-state index contributed by atoms with van der Waals surface area (Å²) in [5.74, 6) is -0.361. The van der Waals surface area contributed by atoms with E-state index >= 15 is 0 Å². The van der Waals surface area contributed by atoms with Crippen molar-refractivity contribution in [3.05, 3.63) is 41.0 Å². The molecule has 0 aliphatic rings. The van der Waals surface area contributed by atoms with Crippen LogP contribution in [0.1, 0.15) is 42.3 Å². The minimum atomic E-state index is -0.515. The van der Waals surface area contributed by atoms with Gasteiger partial charge in [0.15, 0.2) is 0 Å². The molecule has 0 fully saturated rings. The van der Waals surface area contributed by atoms with E-state index in [1.165, 1.54) is 7.11 Å². The van der Waals surface area contributed by atoms with E-state index in [9.17, 15) is 9.59 Å². The maximum absolute atomic E-state index is 11.6. The lowest BCUT2D eigenvalue weighted by molar-refractivity contribution is 0.0532. The molecule has 1 amide bonds. The third kappa shape index (κ3) is 5.60. The zero-order chi connectivity index (χ0) is 16.8. The Balaban J connectivity index is 2.64. The van der Waals surface area contributed by atoms with Crippen LogP contribution in [-0.2, 0) is 9.47 Å². The number of carbonyl (C=O) groups excluding carboxylic acids is 2. The van der Waals surface area contributed by atoms with Crippen molar-refractivity contribution in [1.29, 1.82) is 0 Å². The fourth-order valence-electron chi connectivity index (χ4n) is 1.81. The standard InChI is InChI=1S/C17H23NO4/c1-12-13(8-6-10-14(12)15(19)21-5)9-7-11-18-16(20)22-17(2,3)4/h6-10H,11H2,1-5H3,(H,18,20). The third-order valence-corrected chi connectivity index (χ3v) is 2.84. The molecule has 1 aromatic carbocycles. The average molecular weight is 305 g/mol. The zero-order valence-electron chi connectivity index (χ0n) is 13.7. The first-order valence-electron chi connectivity index (χ1n) is 7.06. The molecule has 5 nitrogen and oxygen atoms in total. The van der Waals surface area contributed by atoms with E-state index in [0.29, 0.717) is 12.1 Å². The number of hydrogen-bond donors (Lipinski definition) is 1. The van der Waals surface area contributed by atoms with Crippen molar-refractivity contribution in [2.24, 2.45) is 0 Å². The minimum absolute atomic E-state index is 0.344. The van der Waals surface area contributed by atoms with Crippen LogP contribution in [-0.4, -0.2) is 31.3 Å². The maximum atomic E-state index is 11.6. The molecule has 0 atom stereocenters. The zero-order valence-corrected chi connectivity index (χ0v) is 13.7. The molecule has 0 aromatic heterocycles. The van der Waals surface area contributed by atoms with Gasteiger partial charge in [0.25, 0.3) is 0 Å². The van der Waals surface area contributed by atoms with Gasteiger partial charge in [-0.2, -0.15) is 0 Å². The summed E-state index contributed by atoms with van der Waals surface area (Å²) in [5, 5.41) is 2.64. The van der Waals surface area contributed by atoms with Gasteiger partial charge in [0.2, 0.25) is 0 Å². The molecule has 5 heteroatoms. The molecule has 22 heavy (non-hydrogen) atoms. The largest absolute Gasteiger partial charge is 0.465 e. The first-order chi connectivity index (χ1) is 10.2. The Kier molecular flexibility index (Phi) is 6.16. The summed E-state index contributed by atoms with van der Waals surface area (Å²) in [6.07, 6.45) is 3.18. The van der Waals surface area contributed by atoms with Crippen LogP contribution in [0.15, 0.2) is 24.3 Å². The van der Waals surface area contributed by atoms with Gasteiger partial charge in [0.05, 0.1) is 12.7 Å². The molecule has 1 N–H and O–H groups in total. The van der Waals surface area contributed by atoms with Crippen molar-refractivity contribution in [2.45, 2.75) is 33.3 Å². The van der Waals surface area contributed by atoms with Crippen molar-refractivity contribution in [1.82, 2.24) is 5.32 Å². The molecule has 0 saturated carbocycles. The molecule has 0 heterocycles. The highest BCUT2D eigenvalue weighted by Gasteiger charge is 2.15. The van der Waals surface area contributed by atoms with Crippen molar-refractivity contribution >= 4 is 18.1 Å². The third-order valence-electron chi connectivity index (χ3n) is 2.84. The summed E-state index contributed by atoms with van der Waals surface area (Å²) in [4.78, 5) is 23.1. The van der Waals surface area contributed by atoms with Crippen molar-refractivity contribution in [3.8, 4) is 0 Å². The smallest absolute Gasteiger partial charge is 0.407 e. The van der Waals surface area contributed by atoms with E-state index in [4.69, 9.17) is 9.47 Å². The van der Waals surface area contributed by atoms with Crippen LogP contribution >= 0.6 is 0 Å². The van der Waals surface area contributed by atoms with E-state index in [1.807, 2.05) is 39.8 Å². The molecular formula is C17H23NO4. The van der Waals surface area contributed by atoms with Crippen molar-refractivity contribution < 1.29 is 19.1 Å². The Morgan fingerprint density at radius 3 is 2.55 bits per heavy atom. The molecule has 120 valence electrons. The average Bonchev–Trinajstić information content (AvgIpc) is 2.42. The molecule has 0 bridgehead atoms. The summed E-state index contributed by atoms with van der Waals surface area (Å²) in [6.45, 7) is 7.63. The maximum Gasteiger partial charge on any atom is 0.407 e. The topological polar surface area (TPSA) is 64.6 Å². The highest BCUT2D eigenvalue weighted by Crippen LogP contribution is 2.16. The van der Waals surface area contributed by atoms with Crippen molar-refractivity contribution in [3.63, 3.8) is 0 Å². The fraction of sp³-hybridized carbons (Fsp3) is 0.412. The number of nitrogens with one attached hydrogen (secondary N) is 1. The molecule has 0 aliphatic carbocycles. The van der Waals surface area contributed by atoms with Crippen LogP contribution in [0.25, 0.3) is 6.08 Å². The molecule has 0 radical (unpaired) electrons. The van der Waals surface area contributed by atoms with Gasteiger partial charge in [-0.3, -0.25) is 0 Å².